The van der Waals surface area contributed by atoms with Crippen LogP contribution in [0.25, 0.3) is 28.1 Å². The third-order valence-corrected chi connectivity index (χ3v) is 3.83. The van der Waals surface area contributed by atoms with Gasteiger partial charge in [-0.25, -0.2) is 9.97 Å². The summed E-state index contributed by atoms with van der Waals surface area (Å²) in [5.41, 5.74) is 2.33. The van der Waals surface area contributed by atoms with E-state index >= 15 is 0 Å². The Labute approximate surface area is 132 Å². The molecule has 0 aliphatic rings. The highest BCUT2D eigenvalue weighted by Gasteiger charge is 2.15. The first-order valence-electron chi connectivity index (χ1n) is 7.64. The number of unbranched alkanes of at least 4 members (excludes halogenated alkanes) is 1. The fourth-order valence-electron chi connectivity index (χ4n) is 2.60. The maximum Gasteiger partial charge on any atom is 0.182 e. The molecule has 116 valence electrons. The maximum absolute atomic E-state index is 9.43. The van der Waals surface area contributed by atoms with Crippen LogP contribution in [0.5, 0.6) is 5.75 Å². The minimum absolute atomic E-state index is 0.222. The van der Waals surface area contributed by atoms with Crippen molar-refractivity contribution in [3.8, 4) is 17.1 Å². The van der Waals surface area contributed by atoms with Gasteiger partial charge in [-0.3, -0.25) is 5.10 Å². The molecule has 7 nitrogen and oxygen atoms in total. The molecule has 0 saturated heterocycles. The lowest BCUT2D eigenvalue weighted by Crippen LogP contribution is -2.03. The highest BCUT2D eigenvalue weighted by molar-refractivity contribution is 5.88. The van der Waals surface area contributed by atoms with Crippen molar-refractivity contribution in [2.75, 3.05) is 0 Å². The first kappa shape index (κ1) is 13.7. The second-order valence-electron chi connectivity index (χ2n) is 5.48. The number of hydrogen-bond acceptors (Lipinski definition) is 5. The Bertz CT molecular complexity index is 969. The zero-order valence-electron chi connectivity index (χ0n) is 12.7. The van der Waals surface area contributed by atoms with Gasteiger partial charge in [-0.2, -0.15) is 9.61 Å². The lowest BCUT2D eigenvalue weighted by atomic mass is 10.2. The average Bonchev–Trinajstić information content (AvgIpc) is 3.19. The van der Waals surface area contributed by atoms with Gasteiger partial charge in [-0.05, 0) is 30.7 Å². The maximum atomic E-state index is 9.43. The first-order valence-corrected chi connectivity index (χ1v) is 7.64. The van der Waals surface area contributed by atoms with Crippen molar-refractivity contribution in [1.82, 2.24) is 29.8 Å². The minimum atomic E-state index is 0.222. The normalized spacial score (nSPS) is 11.5. The second kappa shape index (κ2) is 5.35. The van der Waals surface area contributed by atoms with E-state index in [-0.39, 0.29) is 5.75 Å². The predicted molar refractivity (Wildman–Crippen MR) is 86.1 cm³/mol. The summed E-state index contributed by atoms with van der Waals surface area (Å²) in [7, 11) is 0. The number of nitrogens with one attached hydrogen (secondary N) is 1. The molecule has 0 amide bonds. The standard InChI is InChI=1S/C16H16N6O/c1-2-3-4-13-18-15-12(9-17-20-15)16-19-14(21-22(13)16)10-5-7-11(23)8-6-10/h5-9,23H,2-4H2,1H3,(H,17,20). The summed E-state index contributed by atoms with van der Waals surface area (Å²) in [6.07, 6.45) is 4.68. The fraction of sp³-hybridized carbons (Fsp3) is 0.250. The summed E-state index contributed by atoms with van der Waals surface area (Å²) in [5.74, 6) is 1.70. The van der Waals surface area contributed by atoms with Crippen LogP contribution in [-0.2, 0) is 6.42 Å². The van der Waals surface area contributed by atoms with Gasteiger partial charge in [-0.1, -0.05) is 13.3 Å². The van der Waals surface area contributed by atoms with E-state index in [9.17, 15) is 5.11 Å². The number of nitrogens with zero attached hydrogens (tertiary/aromatic N) is 5. The van der Waals surface area contributed by atoms with E-state index in [0.29, 0.717) is 5.82 Å². The van der Waals surface area contributed by atoms with Crippen molar-refractivity contribution >= 4 is 16.7 Å². The van der Waals surface area contributed by atoms with Gasteiger partial charge >= 0.3 is 0 Å². The van der Waals surface area contributed by atoms with Gasteiger partial charge in [0.05, 0.1) is 11.6 Å². The number of aromatic nitrogens is 6. The van der Waals surface area contributed by atoms with Crippen molar-refractivity contribution in [1.29, 1.82) is 0 Å². The van der Waals surface area contributed by atoms with Gasteiger partial charge < -0.3 is 5.11 Å². The smallest absolute Gasteiger partial charge is 0.182 e. The molecule has 0 aliphatic carbocycles. The number of aromatic hydroxyl groups is 1. The number of phenolic OH excluding ortho intramolecular Hbond substituents is 1. The molecule has 0 atom stereocenters. The number of phenols is 1. The van der Waals surface area contributed by atoms with Crippen molar-refractivity contribution in [2.24, 2.45) is 0 Å². The summed E-state index contributed by atoms with van der Waals surface area (Å²) in [5, 5.41) is 21.9. The predicted octanol–water partition coefficient (Wildman–Crippen LogP) is 2.72. The molecule has 0 bridgehead atoms. The molecule has 3 aromatic heterocycles. The molecule has 3 heterocycles. The van der Waals surface area contributed by atoms with Crippen LogP contribution < -0.4 is 0 Å². The molecular formula is C16H16N6O. The number of aromatic amines is 1. The Balaban J connectivity index is 1.93. The number of benzene rings is 1. The average molecular weight is 308 g/mol. The fourth-order valence-corrected chi connectivity index (χ4v) is 2.60. The quantitative estimate of drug-likeness (QED) is 0.605. The van der Waals surface area contributed by atoms with Gasteiger partial charge in [0.25, 0.3) is 0 Å². The third kappa shape index (κ3) is 2.30. The molecule has 23 heavy (non-hydrogen) atoms. The Hall–Kier alpha value is -2.96. The summed E-state index contributed by atoms with van der Waals surface area (Å²) in [6, 6.07) is 6.86. The van der Waals surface area contributed by atoms with Crippen LogP contribution >= 0.6 is 0 Å². The molecule has 0 fully saturated rings. The molecule has 0 radical (unpaired) electrons. The monoisotopic (exact) mass is 308 g/mol. The third-order valence-electron chi connectivity index (χ3n) is 3.83. The number of rotatable bonds is 4. The summed E-state index contributed by atoms with van der Waals surface area (Å²) in [4.78, 5) is 9.28. The molecule has 4 aromatic rings. The molecule has 2 N–H and O–H groups in total. The van der Waals surface area contributed by atoms with E-state index in [1.807, 2.05) is 0 Å². The lowest BCUT2D eigenvalue weighted by molar-refractivity contribution is 0.475. The summed E-state index contributed by atoms with van der Waals surface area (Å²) >= 11 is 0. The van der Waals surface area contributed by atoms with E-state index in [1.165, 1.54) is 0 Å². The SMILES string of the molecule is CCCCc1nc2[nH]ncc2c2nc(-c3ccc(O)cc3)nn12. The zero-order chi connectivity index (χ0) is 15.8. The van der Waals surface area contributed by atoms with Gasteiger partial charge in [0, 0.05) is 12.0 Å². The lowest BCUT2D eigenvalue weighted by Gasteiger charge is -2.02. The molecule has 0 unspecified atom stereocenters. The number of fused-ring (bicyclic) bond motifs is 3. The molecule has 4 rings (SSSR count). The topological polar surface area (TPSA) is 92.0 Å². The summed E-state index contributed by atoms with van der Waals surface area (Å²) < 4.78 is 1.80. The zero-order valence-corrected chi connectivity index (χ0v) is 12.7. The van der Waals surface area contributed by atoms with E-state index < -0.39 is 0 Å². The van der Waals surface area contributed by atoms with Gasteiger partial charge in [0.2, 0.25) is 0 Å². The number of aryl methyl sites for hydroxylation is 1. The van der Waals surface area contributed by atoms with Crippen molar-refractivity contribution in [2.45, 2.75) is 26.2 Å². The Morgan fingerprint density at radius 2 is 2.00 bits per heavy atom. The Morgan fingerprint density at radius 1 is 1.17 bits per heavy atom. The Kier molecular flexibility index (Phi) is 3.18. The molecular weight excluding hydrogens is 292 g/mol. The van der Waals surface area contributed by atoms with Gasteiger partial charge in [0.15, 0.2) is 17.1 Å². The van der Waals surface area contributed by atoms with Crippen LogP contribution in [-0.4, -0.2) is 34.9 Å². The largest absolute Gasteiger partial charge is 0.508 e. The first-order chi connectivity index (χ1) is 11.3. The van der Waals surface area contributed by atoms with E-state index in [1.54, 1.807) is 35.0 Å². The van der Waals surface area contributed by atoms with E-state index in [2.05, 4.69) is 32.2 Å². The molecule has 0 saturated carbocycles. The second-order valence-corrected chi connectivity index (χ2v) is 5.48. The molecule has 7 heteroatoms. The van der Waals surface area contributed by atoms with Crippen LogP contribution in [0.3, 0.4) is 0 Å². The van der Waals surface area contributed by atoms with Crippen molar-refractivity contribution in [3.05, 3.63) is 36.3 Å². The minimum Gasteiger partial charge on any atom is -0.508 e. The molecule has 1 aromatic carbocycles. The van der Waals surface area contributed by atoms with Crippen molar-refractivity contribution < 1.29 is 5.11 Å². The summed E-state index contributed by atoms with van der Waals surface area (Å²) in [6.45, 7) is 2.15. The number of H-pyrrole nitrogens is 1. The van der Waals surface area contributed by atoms with Crippen molar-refractivity contribution in [3.63, 3.8) is 0 Å². The van der Waals surface area contributed by atoms with Gasteiger partial charge in [0.1, 0.15) is 11.6 Å². The van der Waals surface area contributed by atoms with Gasteiger partial charge in [-0.15, -0.1) is 5.10 Å². The van der Waals surface area contributed by atoms with Crippen LogP contribution in [0.4, 0.5) is 0 Å². The highest BCUT2D eigenvalue weighted by atomic mass is 16.3. The number of hydrogen-bond donors (Lipinski definition) is 2. The van der Waals surface area contributed by atoms with Crippen LogP contribution in [0.1, 0.15) is 25.6 Å². The van der Waals surface area contributed by atoms with E-state index in [4.69, 9.17) is 0 Å². The molecule has 0 aliphatic heterocycles. The Morgan fingerprint density at radius 3 is 2.78 bits per heavy atom. The molecule has 0 spiro atoms. The highest BCUT2D eigenvalue weighted by Crippen LogP contribution is 2.23. The van der Waals surface area contributed by atoms with E-state index in [0.717, 1.165) is 47.3 Å². The van der Waals surface area contributed by atoms with Crippen LogP contribution in [0.15, 0.2) is 30.5 Å². The van der Waals surface area contributed by atoms with Crippen LogP contribution in [0.2, 0.25) is 0 Å². The van der Waals surface area contributed by atoms with Crippen LogP contribution in [0, 0.1) is 0 Å².